The Morgan fingerprint density at radius 2 is 2.25 bits per heavy atom. The molecular formula is C12H14N2O2. The number of benzene rings is 1. The highest BCUT2D eigenvalue weighted by Crippen LogP contribution is 2.27. The maximum Gasteiger partial charge on any atom is 0.244 e. The molecule has 1 heterocycles. The van der Waals surface area contributed by atoms with E-state index in [4.69, 9.17) is 5.73 Å². The number of aldehydes is 1. The maximum atomic E-state index is 11.9. The van der Waals surface area contributed by atoms with E-state index in [1.165, 1.54) is 0 Å². The van der Waals surface area contributed by atoms with Crippen LogP contribution in [0.1, 0.15) is 12.0 Å². The SMILES string of the molecule is N[C@@H](CC=O)C(=O)N1CCc2ccccc21. The summed E-state index contributed by atoms with van der Waals surface area (Å²) in [4.78, 5) is 23.9. The average molecular weight is 218 g/mol. The van der Waals surface area contributed by atoms with Crippen LogP contribution in [0.3, 0.4) is 0 Å². The number of carbonyl (C=O) groups is 2. The first-order valence-corrected chi connectivity index (χ1v) is 5.32. The highest BCUT2D eigenvalue weighted by molar-refractivity contribution is 5.99. The topological polar surface area (TPSA) is 63.4 Å². The lowest BCUT2D eigenvalue weighted by molar-refractivity contribution is -0.121. The predicted molar refractivity (Wildman–Crippen MR) is 61.2 cm³/mol. The Morgan fingerprint density at radius 3 is 3.00 bits per heavy atom. The van der Waals surface area contributed by atoms with Gasteiger partial charge in [0.1, 0.15) is 6.29 Å². The molecule has 1 atom stereocenters. The molecule has 1 aliphatic heterocycles. The van der Waals surface area contributed by atoms with Crippen LogP contribution in [-0.2, 0) is 16.0 Å². The normalized spacial score (nSPS) is 15.7. The van der Waals surface area contributed by atoms with Gasteiger partial charge in [0.25, 0.3) is 0 Å². The number of anilines is 1. The molecule has 0 aromatic heterocycles. The van der Waals surface area contributed by atoms with Gasteiger partial charge in [0.2, 0.25) is 5.91 Å². The van der Waals surface area contributed by atoms with Crippen LogP contribution < -0.4 is 10.6 Å². The Hall–Kier alpha value is -1.68. The number of nitrogens with zero attached hydrogens (tertiary/aromatic N) is 1. The summed E-state index contributed by atoms with van der Waals surface area (Å²) in [7, 11) is 0. The van der Waals surface area contributed by atoms with Crippen LogP contribution in [-0.4, -0.2) is 24.8 Å². The smallest absolute Gasteiger partial charge is 0.244 e. The van der Waals surface area contributed by atoms with E-state index in [0.29, 0.717) is 12.8 Å². The Morgan fingerprint density at radius 1 is 1.50 bits per heavy atom. The first-order chi connectivity index (χ1) is 7.74. The van der Waals surface area contributed by atoms with E-state index in [2.05, 4.69) is 0 Å². The van der Waals surface area contributed by atoms with Gasteiger partial charge in [-0.15, -0.1) is 0 Å². The number of carbonyl (C=O) groups excluding carboxylic acids is 2. The van der Waals surface area contributed by atoms with Crippen molar-refractivity contribution in [2.75, 3.05) is 11.4 Å². The molecule has 1 aromatic rings. The van der Waals surface area contributed by atoms with Crippen molar-refractivity contribution in [2.45, 2.75) is 18.9 Å². The molecule has 16 heavy (non-hydrogen) atoms. The Labute approximate surface area is 94.0 Å². The second-order valence-corrected chi connectivity index (χ2v) is 3.88. The molecule has 0 saturated carbocycles. The minimum absolute atomic E-state index is 0.0809. The molecule has 2 rings (SSSR count). The zero-order valence-corrected chi connectivity index (χ0v) is 8.93. The van der Waals surface area contributed by atoms with Gasteiger partial charge in [0.15, 0.2) is 0 Å². The lowest BCUT2D eigenvalue weighted by Crippen LogP contribution is -2.43. The summed E-state index contributed by atoms with van der Waals surface area (Å²) in [6.45, 7) is 0.657. The zero-order valence-electron chi connectivity index (χ0n) is 8.93. The van der Waals surface area contributed by atoms with Gasteiger partial charge in [0, 0.05) is 18.7 Å². The molecule has 1 aliphatic rings. The molecule has 0 radical (unpaired) electrons. The van der Waals surface area contributed by atoms with Gasteiger partial charge in [-0.1, -0.05) is 18.2 Å². The minimum atomic E-state index is -0.719. The molecule has 4 nitrogen and oxygen atoms in total. The third kappa shape index (κ3) is 1.84. The number of rotatable bonds is 3. The average Bonchev–Trinajstić information content (AvgIpc) is 2.72. The maximum absolute atomic E-state index is 11.9. The molecule has 0 aliphatic carbocycles. The number of amides is 1. The number of nitrogens with two attached hydrogens (primary N) is 1. The van der Waals surface area contributed by atoms with E-state index >= 15 is 0 Å². The van der Waals surface area contributed by atoms with Crippen molar-refractivity contribution in [1.82, 2.24) is 0 Å². The van der Waals surface area contributed by atoms with Crippen molar-refractivity contribution in [3.05, 3.63) is 29.8 Å². The molecule has 0 spiro atoms. The van der Waals surface area contributed by atoms with Crippen LogP contribution >= 0.6 is 0 Å². The van der Waals surface area contributed by atoms with Gasteiger partial charge in [-0.05, 0) is 18.1 Å². The van der Waals surface area contributed by atoms with E-state index in [9.17, 15) is 9.59 Å². The van der Waals surface area contributed by atoms with Gasteiger partial charge in [-0.2, -0.15) is 0 Å². The molecule has 0 saturated heterocycles. The Bertz CT molecular complexity index is 417. The summed E-state index contributed by atoms with van der Waals surface area (Å²) in [6.07, 6.45) is 1.62. The monoisotopic (exact) mass is 218 g/mol. The molecule has 0 unspecified atom stereocenters. The summed E-state index contributed by atoms with van der Waals surface area (Å²) < 4.78 is 0. The lowest BCUT2D eigenvalue weighted by Gasteiger charge is -2.20. The molecule has 1 amide bonds. The predicted octanol–water partition coefficient (Wildman–Crippen LogP) is 0.492. The molecule has 0 bridgehead atoms. The van der Waals surface area contributed by atoms with Gasteiger partial charge >= 0.3 is 0 Å². The van der Waals surface area contributed by atoms with Crippen molar-refractivity contribution in [1.29, 1.82) is 0 Å². The van der Waals surface area contributed by atoms with Crippen LogP contribution in [0.4, 0.5) is 5.69 Å². The molecule has 0 fully saturated rings. The third-order valence-corrected chi connectivity index (χ3v) is 2.82. The first-order valence-electron chi connectivity index (χ1n) is 5.32. The molecule has 4 heteroatoms. The molecular weight excluding hydrogens is 204 g/mol. The van der Waals surface area contributed by atoms with Gasteiger partial charge in [0.05, 0.1) is 6.04 Å². The highest BCUT2D eigenvalue weighted by Gasteiger charge is 2.27. The highest BCUT2D eigenvalue weighted by atomic mass is 16.2. The summed E-state index contributed by atoms with van der Waals surface area (Å²) in [6, 6.07) is 7.05. The summed E-state index contributed by atoms with van der Waals surface area (Å²) in [5, 5.41) is 0. The lowest BCUT2D eigenvalue weighted by atomic mass is 10.1. The van der Waals surface area contributed by atoms with E-state index in [0.717, 1.165) is 17.7 Å². The summed E-state index contributed by atoms with van der Waals surface area (Å²) >= 11 is 0. The fourth-order valence-corrected chi connectivity index (χ4v) is 1.97. The molecule has 84 valence electrons. The number of fused-ring (bicyclic) bond motifs is 1. The van der Waals surface area contributed by atoms with Crippen molar-refractivity contribution in [2.24, 2.45) is 5.73 Å². The Kier molecular flexibility index (Phi) is 3.01. The molecule has 1 aromatic carbocycles. The van der Waals surface area contributed by atoms with Gasteiger partial charge in [-0.3, -0.25) is 4.79 Å². The number of hydrogen-bond acceptors (Lipinski definition) is 3. The fraction of sp³-hybridized carbons (Fsp3) is 0.333. The number of para-hydroxylation sites is 1. The Balaban J connectivity index is 2.19. The summed E-state index contributed by atoms with van der Waals surface area (Å²) in [5.74, 6) is -0.169. The van der Waals surface area contributed by atoms with Crippen molar-refractivity contribution in [3.8, 4) is 0 Å². The third-order valence-electron chi connectivity index (χ3n) is 2.82. The van der Waals surface area contributed by atoms with E-state index in [-0.39, 0.29) is 12.3 Å². The van der Waals surface area contributed by atoms with Crippen LogP contribution in [0.5, 0.6) is 0 Å². The van der Waals surface area contributed by atoms with Gasteiger partial charge in [-0.25, -0.2) is 0 Å². The number of hydrogen-bond donors (Lipinski definition) is 1. The van der Waals surface area contributed by atoms with E-state index < -0.39 is 6.04 Å². The zero-order chi connectivity index (χ0) is 11.5. The fourth-order valence-electron chi connectivity index (χ4n) is 1.97. The quantitative estimate of drug-likeness (QED) is 0.751. The van der Waals surface area contributed by atoms with Gasteiger partial charge < -0.3 is 15.4 Å². The van der Waals surface area contributed by atoms with E-state index in [1.54, 1.807) is 4.90 Å². The minimum Gasteiger partial charge on any atom is -0.320 e. The van der Waals surface area contributed by atoms with Crippen LogP contribution in [0.25, 0.3) is 0 Å². The second-order valence-electron chi connectivity index (χ2n) is 3.88. The van der Waals surface area contributed by atoms with Crippen molar-refractivity contribution >= 4 is 17.9 Å². The first kappa shape index (κ1) is 10.8. The van der Waals surface area contributed by atoms with Crippen LogP contribution in [0.2, 0.25) is 0 Å². The summed E-state index contributed by atoms with van der Waals surface area (Å²) in [5.41, 5.74) is 7.73. The second kappa shape index (κ2) is 4.45. The standard InChI is InChI=1S/C12H14N2O2/c13-10(6-8-15)12(16)14-7-5-9-3-1-2-4-11(9)14/h1-4,8,10H,5-7,13H2/t10-/m0/s1. The van der Waals surface area contributed by atoms with Crippen LogP contribution in [0.15, 0.2) is 24.3 Å². The van der Waals surface area contributed by atoms with Crippen molar-refractivity contribution < 1.29 is 9.59 Å². The van der Waals surface area contributed by atoms with E-state index in [1.807, 2.05) is 24.3 Å². The van der Waals surface area contributed by atoms with Crippen LogP contribution in [0, 0.1) is 0 Å². The molecule has 2 N–H and O–H groups in total. The van der Waals surface area contributed by atoms with Crippen molar-refractivity contribution in [3.63, 3.8) is 0 Å². The largest absolute Gasteiger partial charge is 0.320 e.